The highest BCUT2D eigenvalue weighted by Gasteiger charge is 2.70. The molecule has 0 saturated carbocycles. The molecule has 0 unspecified atom stereocenters. The first kappa shape index (κ1) is 31.7. The van der Waals surface area contributed by atoms with Crippen molar-refractivity contribution in [2.45, 2.75) is 116 Å². The zero-order chi connectivity index (χ0) is 30.9. The van der Waals surface area contributed by atoms with Crippen LogP contribution in [0, 0.1) is 5.41 Å². The third kappa shape index (κ3) is 6.40. The fourth-order valence-corrected chi connectivity index (χ4v) is 6.73. The van der Waals surface area contributed by atoms with Gasteiger partial charge in [-0.1, -0.05) is 18.2 Å². The summed E-state index contributed by atoms with van der Waals surface area (Å²) in [6.45, 7) is 17.7. The normalized spacial score (nSPS) is 25.3. The Hall–Kier alpha value is -3.23. The molecule has 9 nitrogen and oxygen atoms in total. The third-order valence-electron chi connectivity index (χ3n) is 8.22. The van der Waals surface area contributed by atoms with Gasteiger partial charge in [0.15, 0.2) is 0 Å². The standard InChI is InChI=1S/C33H48N2O7/c1-9-11-13-14-17-34-18-16-25-24-19-23(15-12-10-2)40-26(24)27-33(25,28(34)36)20-22(21-39-30(38)42-32(6,7)8)35(27)29(37)41-31(3,4)5/h9-10,12,19,22,25,27H,1,11,13-18,20-21H2,2-8H3/b12-10-/t22-,25+,27+,33+/m1/s1. The van der Waals surface area contributed by atoms with Crippen molar-refractivity contribution in [3.8, 4) is 0 Å². The molecule has 0 radical (unpaired) electrons. The van der Waals surface area contributed by atoms with Crippen LogP contribution in [0.25, 0.3) is 0 Å². The molecule has 1 spiro atoms. The van der Waals surface area contributed by atoms with Crippen molar-refractivity contribution >= 4 is 18.2 Å². The number of unbranched alkanes of at least 4 members (excludes halogenated alkanes) is 2. The second-order valence-corrected chi connectivity index (χ2v) is 13.7. The summed E-state index contributed by atoms with van der Waals surface area (Å²) >= 11 is 0. The monoisotopic (exact) mass is 584 g/mol. The van der Waals surface area contributed by atoms with E-state index in [9.17, 15) is 14.4 Å². The minimum atomic E-state index is -0.928. The van der Waals surface area contributed by atoms with Crippen LogP contribution in [-0.2, 0) is 25.4 Å². The second-order valence-electron chi connectivity index (χ2n) is 13.7. The first-order valence-electron chi connectivity index (χ1n) is 15.2. The minimum absolute atomic E-state index is 0.0251. The van der Waals surface area contributed by atoms with Crippen LogP contribution in [0.4, 0.5) is 9.59 Å². The molecule has 0 N–H and O–H groups in total. The van der Waals surface area contributed by atoms with E-state index in [1.54, 1.807) is 25.7 Å². The summed E-state index contributed by atoms with van der Waals surface area (Å²) in [7, 11) is 0. The van der Waals surface area contributed by atoms with Gasteiger partial charge in [0.1, 0.15) is 35.4 Å². The lowest BCUT2D eigenvalue weighted by atomic mass is 9.67. The Labute approximate surface area is 250 Å². The molecular weight excluding hydrogens is 536 g/mol. The lowest BCUT2D eigenvalue weighted by Gasteiger charge is -2.44. The minimum Gasteiger partial charge on any atom is -0.463 e. The van der Waals surface area contributed by atoms with Gasteiger partial charge in [0.25, 0.3) is 0 Å². The number of hydrogen-bond acceptors (Lipinski definition) is 7. The van der Waals surface area contributed by atoms with Crippen LogP contribution >= 0.6 is 0 Å². The first-order chi connectivity index (χ1) is 19.7. The van der Waals surface area contributed by atoms with E-state index in [0.717, 1.165) is 37.0 Å². The number of likely N-dealkylation sites (tertiary alicyclic amines) is 2. The summed E-state index contributed by atoms with van der Waals surface area (Å²) in [4.78, 5) is 44.6. The summed E-state index contributed by atoms with van der Waals surface area (Å²) in [5, 5.41) is 0. The molecule has 1 aliphatic carbocycles. The Kier molecular flexibility index (Phi) is 9.19. The van der Waals surface area contributed by atoms with Gasteiger partial charge in [-0.2, -0.15) is 0 Å². The van der Waals surface area contributed by atoms with Gasteiger partial charge in [0, 0.05) is 31.0 Å². The maximum absolute atomic E-state index is 14.6. The van der Waals surface area contributed by atoms with Gasteiger partial charge in [-0.05, 0) is 86.6 Å². The largest absolute Gasteiger partial charge is 0.508 e. The summed E-state index contributed by atoms with van der Waals surface area (Å²) < 4.78 is 23.3. The number of nitrogens with zero attached hydrogens (tertiary/aromatic N) is 2. The summed E-state index contributed by atoms with van der Waals surface area (Å²) in [5.74, 6) is 1.35. The SMILES string of the molecule is C=CCCCCN1CC[C@H]2c3cc(C/C=C\C)oc3[C@@H]3N(C(=O)OC(C)(C)C)[C@@H](COC(=O)OC(C)(C)C)C[C@@]32C1=O. The van der Waals surface area contributed by atoms with Gasteiger partial charge in [0.05, 0.1) is 11.5 Å². The highest BCUT2D eigenvalue weighted by Crippen LogP contribution is 2.67. The second kappa shape index (κ2) is 12.2. The Morgan fingerprint density at radius 3 is 2.50 bits per heavy atom. The lowest BCUT2D eigenvalue weighted by Crippen LogP contribution is -2.53. The van der Waals surface area contributed by atoms with Crippen LogP contribution in [0.5, 0.6) is 0 Å². The van der Waals surface area contributed by atoms with E-state index >= 15 is 0 Å². The van der Waals surface area contributed by atoms with Crippen LogP contribution in [0.2, 0.25) is 0 Å². The number of rotatable bonds is 9. The molecule has 3 heterocycles. The third-order valence-corrected chi connectivity index (χ3v) is 8.22. The van der Waals surface area contributed by atoms with Crippen molar-refractivity contribution in [2.75, 3.05) is 19.7 Å². The van der Waals surface area contributed by atoms with E-state index < -0.39 is 40.9 Å². The number of carbonyl (C=O) groups excluding carboxylic acids is 3. The van der Waals surface area contributed by atoms with Crippen LogP contribution in [0.3, 0.4) is 0 Å². The van der Waals surface area contributed by atoms with E-state index in [4.69, 9.17) is 18.6 Å². The van der Waals surface area contributed by atoms with Crippen molar-refractivity contribution in [3.05, 3.63) is 48.0 Å². The molecule has 0 bridgehead atoms. The number of fused-ring (bicyclic) bond motifs is 3. The molecule has 2 saturated heterocycles. The molecule has 9 heteroatoms. The first-order valence-corrected chi connectivity index (χ1v) is 15.2. The zero-order valence-electron chi connectivity index (χ0n) is 26.4. The number of furan rings is 1. The quantitative estimate of drug-likeness (QED) is 0.174. The van der Waals surface area contributed by atoms with E-state index in [0.29, 0.717) is 31.7 Å². The molecule has 3 aliphatic rings. The van der Waals surface area contributed by atoms with Crippen molar-refractivity contribution in [3.63, 3.8) is 0 Å². The fraction of sp³-hybridized carbons (Fsp3) is 0.667. The molecular formula is C33H48N2O7. The average Bonchev–Trinajstić information content (AvgIpc) is 3.50. The highest BCUT2D eigenvalue weighted by molar-refractivity contribution is 5.89. The number of piperidine rings is 1. The number of ether oxygens (including phenoxy) is 3. The van der Waals surface area contributed by atoms with Crippen molar-refractivity contribution in [1.82, 2.24) is 9.80 Å². The van der Waals surface area contributed by atoms with Crippen molar-refractivity contribution in [1.29, 1.82) is 0 Å². The van der Waals surface area contributed by atoms with Crippen LogP contribution in [0.1, 0.15) is 110 Å². The highest BCUT2D eigenvalue weighted by atomic mass is 16.7. The molecule has 42 heavy (non-hydrogen) atoms. The van der Waals surface area contributed by atoms with Gasteiger partial charge >= 0.3 is 12.2 Å². The van der Waals surface area contributed by atoms with E-state index in [-0.39, 0.29) is 18.4 Å². The Morgan fingerprint density at radius 1 is 1.14 bits per heavy atom. The van der Waals surface area contributed by atoms with Gasteiger partial charge in [0.2, 0.25) is 5.91 Å². The summed E-state index contributed by atoms with van der Waals surface area (Å²) in [6.07, 6.45) is 8.97. The van der Waals surface area contributed by atoms with Crippen molar-refractivity contribution in [2.24, 2.45) is 5.41 Å². The molecule has 0 aromatic carbocycles. The molecule has 232 valence electrons. The number of amides is 2. The number of allylic oxidation sites excluding steroid dienone is 3. The molecule has 1 aromatic rings. The van der Waals surface area contributed by atoms with Crippen LogP contribution in [-0.4, -0.2) is 64.9 Å². The number of hydrogen-bond donors (Lipinski definition) is 0. The smallest absolute Gasteiger partial charge is 0.463 e. The Morgan fingerprint density at radius 2 is 1.86 bits per heavy atom. The molecule has 2 aliphatic heterocycles. The molecule has 4 atom stereocenters. The topological polar surface area (TPSA) is 98.5 Å². The Bertz CT molecular complexity index is 1200. The van der Waals surface area contributed by atoms with Gasteiger partial charge in [-0.15, -0.1) is 6.58 Å². The van der Waals surface area contributed by atoms with Gasteiger partial charge in [-0.25, -0.2) is 9.59 Å². The van der Waals surface area contributed by atoms with E-state index in [1.165, 1.54) is 0 Å². The predicted molar refractivity (Wildman–Crippen MR) is 159 cm³/mol. The molecule has 4 rings (SSSR count). The van der Waals surface area contributed by atoms with Gasteiger partial charge < -0.3 is 23.5 Å². The lowest BCUT2D eigenvalue weighted by molar-refractivity contribution is -0.149. The molecule has 2 amide bonds. The average molecular weight is 585 g/mol. The summed E-state index contributed by atoms with van der Waals surface area (Å²) in [6, 6.07) is 0.802. The van der Waals surface area contributed by atoms with Gasteiger partial charge in [-0.3, -0.25) is 9.69 Å². The maximum Gasteiger partial charge on any atom is 0.508 e. The molecule has 1 aromatic heterocycles. The number of carbonyl (C=O) groups is 3. The zero-order valence-corrected chi connectivity index (χ0v) is 26.4. The van der Waals surface area contributed by atoms with Crippen LogP contribution in [0.15, 0.2) is 35.3 Å². The Balaban J connectivity index is 1.74. The summed E-state index contributed by atoms with van der Waals surface area (Å²) in [5.41, 5.74) is -1.42. The van der Waals surface area contributed by atoms with Crippen molar-refractivity contribution < 1.29 is 33.0 Å². The van der Waals surface area contributed by atoms with E-state index in [1.807, 2.05) is 50.8 Å². The van der Waals surface area contributed by atoms with Crippen LogP contribution < -0.4 is 0 Å². The van der Waals surface area contributed by atoms with E-state index in [2.05, 4.69) is 12.6 Å². The predicted octanol–water partition coefficient (Wildman–Crippen LogP) is 7.07. The maximum atomic E-state index is 14.6. The fourth-order valence-electron chi connectivity index (χ4n) is 6.73. The molecule has 2 fully saturated rings.